The van der Waals surface area contributed by atoms with Crippen LogP contribution in [0, 0.1) is 5.92 Å². The van der Waals surface area contributed by atoms with Crippen molar-refractivity contribution in [3.63, 3.8) is 0 Å². The third-order valence-electron chi connectivity index (χ3n) is 2.84. The van der Waals surface area contributed by atoms with Gasteiger partial charge in [0.25, 0.3) is 0 Å². The molecule has 3 heteroatoms. The molecule has 0 aromatic carbocycles. The molecule has 0 spiro atoms. The number of Topliss-reactive ketones (excluding diaryl/α,β-unsaturated/α-hetero) is 1. The molecule has 0 unspecified atom stereocenters. The summed E-state index contributed by atoms with van der Waals surface area (Å²) in [7, 11) is 0. The van der Waals surface area contributed by atoms with Gasteiger partial charge in [-0.15, -0.1) is 6.58 Å². The average Bonchev–Trinajstić information content (AvgIpc) is 2.37. The van der Waals surface area contributed by atoms with E-state index in [4.69, 9.17) is 9.47 Å². The van der Waals surface area contributed by atoms with Gasteiger partial charge in [-0.25, -0.2) is 0 Å². The van der Waals surface area contributed by atoms with Crippen LogP contribution >= 0.6 is 0 Å². The van der Waals surface area contributed by atoms with Crippen molar-refractivity contribution in [3.05, 3.63) is 12.7 Å². The summed E-state index contributed by atoms with van der Waals surface area (Å²) in [6, 6.07) is 0. The van der Waals surface area contributed by atoms with Crippen LogP contribution in [0.25, 0.3) is 0 Å². The molecule has 0 aromatic rings. The minimum atomic E-state index is -0.554. The fourth-order valence-corrected chi connectivity index (χ4v) is 2.29. The van der Waals surface area contributed by atoms with Crippen molar-refractivity contribution >= 4 is 5.78 Å². The summed E-state index contributed by atoms with van der Waals surface area (Å²) in [5.41, 5.74) is 0. The number of carbonyl (C=O) groups excluding carboxylic acids is 1. The lowest BCUT2D eigenvalue weighted by Crippen LogP contribution is -2.38. The summed E-state index contributed by atoms with van der Waals surface area (Å²) in [5.74, 6) is -0.193. The Hall–Kier alpha value is -0.670. The minimum absolute atomic E-state index is 0.0141. The summed E-state index contributed by atoms with van der Waals surface area (Å²) in [6.45, 7) is 7.51. The second-order valence-corrected chi connectivity index (χ2v) is 4.49. The van der Waals surface area contributed by atoms with Crippen LogP contribution in [0.3, 0.4) is 0 Å². The first kappa shape index (κ1) is 9.87. The van der Waals surface area contributed by atoms with E-state index in [1.807, 2.05) is 13.8 Å². The Morgan fingerprint density at radius 3 is 2.79 bits per heavy atom. The molecule has 1 heterocycles. The Morgan fingerprint density at radius 1 is 1.43 bits per heavy atom. The Bertz CT molecular complexity index is 270. The number of ketones is 1. The number of ether oxygens (including phenoxy) is 2. The molecule has 3 nitrogen and oxygen atoms in total. The first-order valence-electron chi connectivity index (χ1n) is 5.02. The fraction of sp³-hybridized carbons (Fsp3) is 0.727. The third kappa shape index (κ3) is 1.62. The molecular formula is C11H16O3. The molecule has 2 rings (SSSR count). The van der Waals surface area contributed by atoms with E-state index in [9.17, 15) is 4.79 Å². The van der Waals surface area contributed by atoms with Gasteiger partial charge in [0.05, 0.1) is 12.2 Å². The Balaban J connectivity index is 2.18. The van der Waals surface area contributed by atoms with Gasteiger partial charge in [0.2, 0.25) is 0 Å². The summed E-state index contributed by atoms with van der Waals surface area (Å²) in [5, 5.41) is 0. The lowest BCUT2D eigenvalue weighted by molar-refractivity contribution is -0.147. The predicted octanol–water partition coefficient (Wildman–Crippen LogP) is 1.67. The van der Waals surface area contributed by atoms with Crippen molar-refractivity contribution < 1.29 is 14.3 Å². The smallest absolute Gasteiger partial charge is 0.163 e. The lowest BCUT2D eigenvalue weighted by atomic mass is 9.84. The van der Waals surface area contributed by atoms with Crippen molar-refractivity contribution in [2.75, 3.05) is 0 Å². The van der Waals surface area contributed by atoms with Gasteiger partial charge in [0.1, 0.15) is 5.78 Å². The number of hydrogen-bond acceptors (Lipinski definition) is 3. The standard InChI is InChI=1S/C11H16O3/c1-4-7-5-8(12)6-9-10(7)14-11(2,3)13-9/h4,7,9-10H,1,5-6H2,2-3H3/t7-,9-,10+/m1/s1. The Morgan fingerprint density at radius 2 is 2.14 bits per heavy atom. The van der Waals surface area contributed by atoms with Crippen LogP contribution in [-0.2, 0) is 14.3 Å². The van der Waals surface area contributed by atoms with Gasteiger partial charge >= 0.3 is 0 Å². The largest absolute Gasteiger partial charge is 0.344 e. The summed E-state index contributed by atoms with van der Waals surface area (Å²) in [4.78, 5) is 11.4. The van der Waals surface area contributed by atoms with Gasteiger partial charge < -0.3 is 9.47 Å². The van der Waals surface area contributed by atoms with Crippen LogP contribution in [0.15, 0.2) is 12.7 Å². The van der Waals surface area contributed by atoms with E-state index in [1.54, 1.807) is 6.08 Å². The Labute approximate surface area is 84.1 Å². The van der Waals surface area contributed by atoms with E-state index in [-0.39, 0.29) is 23.9 Å². The second-order valence-electron chi connectivity index (χ2n) is 4.49. The molecule has 14 heavy (non-hydrogen) atoms. The first-order valence-corrected chi connectivity index (χ1v) is 5.02. The maximum Gasteiger partial charge on any atom is 0.163 e. The minimum Gasteiger partial charge on any atom is -0.344 e. The van der Waals surface area contributed by atoms with Crippen molar-refractivity contribution in [3.8, 4) is 0 Å². The number of hydrogen-bond donors (Lipinski definition) is 0. The van der Waals surface area contributed by atoms with Gasteiger partial charge in [0, 0.05) is 18.8 Å². The zero-order valence-electron chi connectivity index (χ0n) is 8.66. The van der Waals surface area contributed by atoms with Crippen molar-refractivity contribution in [2.24, 2.45) is 5.92 Å². The highest BCUT2D eigenvalue weighted by Crippen LogP contribution is 2.38. The van der Waals surface area contributed by atoms with Gasteiger partial charge in [-0.05, 0) is 13.8 Å². The third-order valence-corrected chi connectivity index (χ3v) is 2.84. The highest BCUT2D eigenvalue weighted by atomic mass is 16.8. The van der Waals surface area contributed by atoms with Crippen molar-refractivity contribution in [1.29, 1.82) is 0 Å². The van der Waals surface area contributed by atoms with Crippen LogP contribution in [0.2, 0.25) is 0 Å². The van der Waals surface area contributed by atoms with E-state index >= 15 is 0 Å². The van der Waals surface area contributed by atoms with Crippen LogP contribution < -0.4 is 0 Å². The monoisotopic (exact) mass is 196 g/mol. The van der Waals surface area contributed by atoms with Gasteiger partial charge in [-0.3, -0.25) is 4.79 Å². The fourth-order valence-electron chi connectivity index (χ4n) is 2.29. The highest BCUT2D eigenvalue weighted by molar-refractivity contribution is 5.80. The zero-order valence-corrected chi connectivity index (χ0v) is 8.66. The molecule has 0 amide bonds. The first-order chi connectivity index (χ1) is 6.52. The Kier molecular flexibility index (Phi) is 2.24. The molecule has 0 radical (unpaired) electrons. The van der Waals surface area contributed by atoms with Crippen LogP contribution in [0.4, 0.5) is 0 Å². The van der Waals surface area contributed by atoms with Gasteiger partial charge in [0.15, 0.2) is 5.79 Å². The molecule has 2 aliphatic rings. The topological polar surface area (TPSA) is 35.5 Å². The van der Waals surface area contributed by atoms with Crippen LogP contribution in [0.1, 0.15) is 26.7 Å². The molecule has 1 saturated heterocycles. The number of fused-ring (bicyclic) bond motifs is 1. The summed E-state index contributed by atoms with van der Waals surface area (Å²) in [6.07, 6.45) is 2.77. The summed E-state index contributed by atoms with van der Waals surface area (Å²) < 4.78 is 11.4. The predicted molar refractivity (Wildman–Crippen MR) is 51.8 cm³/mol. The normalized spacial score (nSPS) is 40.7. The van der Waals surface area contributed by atoms with Crippen LogP contribution in [-0.4, -0.2) is 23.8 Å². The lowest BCUT2D eigenvalue weighted by Gasteiger charge is -2.27. The van der Waals surface area contributed by atoms with Gasteiger partial charge in [-0.1, -0.05) is 6.08 Å². The van der Waals surface area contributed by atoms with E-state index in [2.05, 4.69) is 6.58 Å². The van der Waals surface area contributed by atoms with E-state index in [0.29, 0.717) is 12.8 Å². The second kappa shape index (κ2) is 3.17. The molecule has 0 bridgehead atoms. The van der Waals surface area contributed by atoms with E-state index < -0.39 is 5.79 Å². The zero-order chi connectivity index (χ0) is 10.3. The van der Waals surface area contributed by atoms with Crippen molar-refractivity contribution in [1.82, 2.24) is 0 Å². The quantitative estimate of drug-likeness (QED) is 0.598. The van der Waals surface area contributed by atoms with E-state index in [0.717, 1.165) is 0 Å². The highest BCUT2D eigenvalue weighted by Gasteiger charge is 2.47. The molecule has 2 fully saturated rings. The van der Waals surface area contributed by atoms with Crippen LogP contribution in [0.5, 0.6) is 0 Å². The molecular weight excluding hydrogens is 180 g/mol. The molecule has 3 atom stereocenters. The van der Waals surface area contributed by atoms with Gasteiger partial charge in [-0.2, -0.15) is 0 Å². The molecule has 0 aromatic heterocycles. The molecule has 1 aliphatic carbocycles. The van der Waals surface area contributed by atoms with E-state index in [1.165, 1.54) is 0 Å². The number of rotatable bonds is 1. The molecule has 1 saturated carbocycles. The SMILES string of the molecule is C=C[C@@H]1CC(=O)C[C@H]2OC(C)(C)O[C@@H]12. The molecule has 1 aliphatic heterocycles. The summed E-state index contributed by atoms with van der Waals surface area (Å²) >= 11 is 0. The number of carbonyl (C=O) groups is 1. The maximum absolute atomic E-state index is 11.4. The molecule has 78 valence electrons. The maximum atomic E-state index is 11.4. The average molecular weight is 196 g/mol. The van der Waals surface area contributed by atoms with Crippen molar-refractivity contribution in [2.45, 2.75) is 44.7 Å². The molecule has 0 N–H and O–H groups in total.